The minimum atomic E-state index is -0.542. The van der Waals surface area contributed by atoms with E-state index < -0.39 is 4.92 Å². The van der Waals surface area contributed by atoms with Gasteiger partial charge < -0.3 is 14.4 Å². The Bertz CT molecular complexity index is 1020. The van der Waals surface area contributed by atoms with Gasteiger partial charge in [-0.2, -0.15) is 0 Å². The smallest absolute Gasteiger partial charge is 0.270 e. The van der Waals surface area contributed by atoms with Gasteiger partial charge in [0.15, 0.2) is 23.9 Å². The van der Waals surface area contributed by atoms with Crippen molar-refractivity contribution in [3.05, 3.63) is 69.8 Å². The molecule has 176 valence electrons. The maximum absolute atomic E-state index is 12.6. The van der Waals surface area contributed by atoms with E-state index in [1.165, 1.54) is 30.3 Å². The fourth-order valence-corrected chi connectivity index (χ4v) is 3.44. The third-order valence-electron chi connectivity index (χ3n) is 4.79. The molecule has 0 N–H and O–H groups in total. The molecule has 8 heteroatoms. The summed E-state index contributed by atoms with van der Waals surface area (Å²) in [6.45, 7) is 9.95. The molecule has 0 saturated heterocycles. The number of carbonyl (C=O) groups excluding carboxylic acids is 2. The highest BCUT2D eigenvalue weighted by molar-refractivity contribution is 6.07. The second-order valence-corrected chi connectivity index (χ2v) is 7.92. The first-order chi connectivity index (χ1) is 15.6. The number of nitrogens with zero attached hydrogens (tertiary/aromatic N) is 2. The number of rotatable bonds is 11. The van der Waals surface area contributed by atoms with Gasteiger partial charge in [-0.15, -0.1) is 0 Å². The zero-order chi connectivity index (χ0) is 24.5. The molecule has 33 heavy (non-hydrogen) atoms. The van der Waals surface area contributed by atoms with E-state index in [2.05, 4.69) is 0 Å². The fraction of sp³-hybridized carbons (Fsp3) is 0.360. The summed E-state index contributed by atoms with van der Waals surface area (Å²) in [5.74, 6) is 0.412. The maximum Gasteiger partial charge on any atom is 0.270 e. The average molecular weight is 455 g/mol. The van der Waals surface area contributed by atoms with Crippen LogP contribution in [0, 0.1) is 10.1 Å². The zero-order valence-electron chi connectivity index (χ0n) is 19.6. The molecule has 0 saturated carbocycles. The van der Waals surface area contributed by atoms with E-state index in [1.807, 2.05) is 34.6 Å². The van der Waals surface area contributed by atoms with E-state index in [0.29, 0.717) is 23.7 Å². The molecular formula is C25H30N2O6. The molecule has 0 aliphatic carbocycles. The number of nitro groups is 1. The van der Waals surface area contributed by atoms with Crippen molar-refractivity contribution in [3.8, 4) is 11.5 Å². The lowest BCUT2D eigenvalue weighted by Crippen LogP contribution is -2.44. The van der Waals surface area contributed by atoms with Crippen molar-refractivity contribution in [1.82, 2.24) is 4.90 Å². The second-order valence-electron chi connectivity index (χ2n) is 7.92. The number of non-ortho nitro benzene ring substituents is 1. The molecule has 0 aliphatic rings. The summed E-state index contributed by atoms with van der Waals surface area (Å²) in [5.41, 5.74) is 0.767. The van der Waals surface area contributed by atoms with Crippen LogP contribution in [0.15, 0.2) is 48.5 Å². The first-order valence-electron chi connectivity index (χ1n) is 10.8. The first-order valence-corrected chi connectivity index (χ1v) is 10.8. The summed E-state index contributed by atoms with van der Waals surface area (Å²) in [4.78, 5) is 37.1. The van der Waals surface area contributed by atoms with Crippen LogP contribution < -0.4 is 9.47 Å². The van der Waals surface area contributed by atoms with Gasteiger partial charge in [0.05, 0.1) is 11.5 Å². The van der Waals surface area contributed by atoms with Gasteiger partial charge in [0, 0.05) is 29.8 Å². The fourth-order valence-electron chi connectivity index (χ4n) is 3.44. The van der Waals surface area contributed by atoms with E-state index in [1.54, 1.807) is 29.2 Å². The lowest BCUT2D eigenvalue weighted by atomic mass is 10.1. The minimum absolute atomic E-state index is 0.0589. The Morgan fingerprint density at radius 1 is 1.03 bits per heavy atom. The third-order valence-corrected chi connectivity index (χ3v) is 4.79. The summed E-state index contributed by atoms with van der Waals surface area (Å²) in [5, 5.41) is 10.9. The van der Waals surface area contributed by atoms with Crippen molar-refractivity contribution >= 4 is 23.5 Å². The molecular weight excluding hydrogens is 424 g/mol. The average Bonchev–Trinajstić information content (AvgIpc) is 2.76. The minimum Gasteiger partial charge on any atom is -0.490 e. The summed E-state index contributed by atoms with van der Waals surface area (Å²) >= 11 is 0. The van der Waals surface area contributed by atoms with Crippen LogP contribution in [0.3, 0.4) is 0 Å². The van der Waals surface area contributed by atoms with Gasteiger partial charge in [0.1, 0.15) is 0 Å². The van der Waals surface area contributed by atoms with Crippen LogP contribution in [0.2, 0.25) is 0 Å². The summed E-state index contributed by atoms with van der Waals surface area (Å²) in [6.07, 6.45) is 2.94. The first kappa shape index (κ1) is 25.6. The van der Waals surface area contributed by atoms with Gasteiger partial charge in [0.25, 0.3) is 11.6 Å². The van der Waals surface area contributed by atoms with Gasteiger partial charge >= 0.3 is 0 Å². The number of nitro benzene ring substituents is 1. The molecule has 0 fully saturated rings. The Kier molecular flexibility index (Phi) is 9.15. The van der Waals surface area contributed by atoms with Crippen LogP contribution in [0.25, 0.3) is 6.08 Å². The van der Waals surface area contributed by atoms with Gasteiger partial charge in [0.2, 0.25) is 0 Å². The number of carbonyl (C=O) groups is 2. The van der Waals surface area contributed by atoms with Crippen LogP contribution in [0.4, 0.5) is 5.69 Å². The molecule has 0 aromatic heterocycles. The zero-order valence-corrected chi connectivity index (χ0v) is 19.6. The van der Waals surface area contributed by atoms with Crippen molar-refractivity contribution in [2.45, 2.75) is 46.7 Å². The van der Waals surface area contributed by atoms with Crippen LogP contribution in [0.5, 0.6) is 11.5 Å². The van der Waals surface area contributed by atoms with Gasteiger partial charge in [-0.25, -0.2) is 0 Å². The number of ketones is 1. The topological polar surface area (TPSA) is 99.0 Å². The lowest BCUT2D eigenvalue weighted by Gasteiger charge is -2.30. The van der Waals surface area contributed by atoms with Gasteiger partial charge in [-0.3, -0.25) is 19.7 Å². The van der Waals surface area contributed by atoms with Crippen LogP contribution in [-0.2, 0) is 4.79 Å². The predicted octanol–water partition coefficient (Wildman–Crippen LogP) is 4.91. The second kappa shape index (κ2) is 11.8. The Balaban J connectivity index is 2.15. The molecule has 0 unspecified atom stereocenters. The van der Waals surface area contributed by atoms with Gasteiger partial charge in [-0.1, -0.05) is 24.3 Å². The van der Waals surface area contributed by atoms with E-state index in [9.17, 15) is 19.7 Å². The van der Waals surface area contributed by atoms with Crippen molar-refractivity contribution in [2.75, 3.05) is 13.2 Å². The van der Waals surface area contributed by atoms with Crippen molar-refractivity contribution in [3.63, 3.8) is 0 Å². The number of hydrogen-bond donors (Lipinski definition) is 0. The van der Waals surface area contributed by atoms with E-state index in [0.717, 1.165) is 0 Å². The molecule has 0 heterocycles. The van der Waals surface area contributed by atoms with E-state index in [-0.39, 0.29) is 41.6 Å². The normalized spacial score (nSPS) is 11.1. The van der Waals surface area contributed by atoms with Crippen molar-refractivity contribution < 1.29 is 24.0 Å². The molecule has 1 amide bonds. The summed E-state index contributed by atoms with van der Waals surface area (Å²) in [6, 6.07) is 10.8. The molecule has 8 nitrogen and oxygen atoms in total. The lowest BCUT2D eigenvalue weighted by molar-refractivity contribution is -0.384. The molecule has 2 aromatic carbocycles. The number of amides is 1. The highest BCUT2D eigenvalue weighted by Crippen LogP contribution is 2.29. The quantitative estimate of drug-likeness (QED) is 0.207. The standard InChI is InChI=1S/C25H30N2O6/c1-6-32-24-14-19(10-12-22(28)20-8-7-9-21(15-20)27(30)31)11-13-23(24)33-16-25(29)26(17(2)3)18(4)5/h7-15,17-18H,6,16H2,1-5H3. The van der Waals surface area contributed by atoms with Crippen LogP contribution in [-0.4, -0.2) is 46.8 Å². The molecule has 2 rings (SSSR count). The number of benzene rings is 2. The molecule has 2 aromatic rings. The number of hydrogen-bond acceptors (Lipinski definition) is 6. The van der Waals surface area contributed by atoms with Crippen LogP contribution in [0.1, 0.15) is 50.5 Å². The maximum atomic E-state index is 12.6. The van der Waals surface area contributed by atoms with Crippen molar-refractivity contribution in [2.24, 2.45) is 0 Å². The number of ether oxygens (including phenoxy) is 2. The SMILES string of the molecule is CCOc1cc(C=CC(=O)c2cccc([N+](=O)[O-])c2)ccc1OCC(=O)N(C(C)C)C(C)C. The molecule has 0 atom stereocenters. The Morgan fingerprint density at radius 2 is 1.73 bits per heavy atom. The summed E-state index contributed by atoms with van der Waals surface area (Å²) < 4.78 is 11.4. The number of allylic oxidation sites excluding steroid dienone is 1. The van der Waals surface area contributed by atoms with Gasteiger partial charge in [-0.05, 0) is 58.4 Å². The Hall–Kier alpha value is -3.68. The molecule has 0 radical (unpaired) electrons. The largest absolute Gasteiger partial charge is 0.490 e. The van der Waals surface area contributed by atoms with Crippen LogP contribution >= 0.6 is 0 Å². The van der Waals surface area contributed by atoms with Crippen molar-refractivity contribution in [1.29, 1.82) is 0 Å². The Labute approximate surface area is 194 Å². The summed E-state index contributed by atoms with van der Waals surface area (Å²) in [7, 11) is 0. The van der Waals surface area contributed by atoms with E-state index in [4.69, 9.17) is 9.47 Å². The van der Waals surface area contributed by atoms with E-state index >= 15 is 0 Å². The monoisotopic (exact) mass is 454 g/mol. The molecule has 0 spiro atoms. The molecule has 0 bridgehead atoms. The molecule has 0 aliphatic heterocycles. The Morgan fingerprint density at radius 3 is 2.33 bits per heavy atom. The predicted molar refractivity (Wildman–Crippen MR) is 127 cm³/mol. The highest BCUT2D eigenvalue weighted by atomic mass is 16.6. The third kappa shape index (κ3) is 7.17. The highest BCUT2D eigenvalue weighted by Gasteiger charge is 2.21.